The van der Waals surface area contributed by atoms with E-state index in [1.807, 2.05) is 30.3 Å². The SMILES string of the molecule is CC(C)c1cc[cH-]c1[Si](C)C.[Fe+2].c1cc[cH-]c1. The minimum Gasteiger partial charge on any atom is -0.214 e. The monoisotopic (exact) mass is 285 g/mol. The summed E-state index contributed by atoms with van der Waals surface area (Å²) >= 11 is 0. The van der Waals surface area contributed by atoms with Gasteiger partial charge in [-0.15, -0.1) is 0 Å². The van der Waals surface area contributed by atoms with Crippen molar-refractivity contribution >= 4 is 14.0 Å². The number of hydrogen-bond donors (Lipinski definition) is 0. The minimum absolute atomic E-state index is 0. The predicted molar refractivity (Wildman–Crippen MR) is 75.3 cm³/mol. The average Bonchev–Trinajstić information content (AvgIpc) is 2.92. The van der Waals surface area contributed by atoms with Crippen LogP contribution in [-0.2, 0) is 17.1 Å². The Balaban J connectivity index is 0.000000360. The van der Waals surface area contributed by atoms with Gasteiger partial charge in [-0.2, -0.15) is 41.1 Å². The second kappa shape index (κ2) is 8.52. The summed E-state index contributed by atoms with van der Waals surface area (Å²) in [6.45, 7) is 9.24. The largest absolute Gasteiger partial charge is 2.00 e. The van der Waals surface area contributed by atoms with Crippen LogP contribution in [0.5, 0.6) is 0 Å². The molecule has 0 aromatic heterocycles. The van der Waals surface area contributed by atoms with E-state index in [1.54, 1.807) is 10.8 Å². The molecule has 0 unspecified atom stereocenters. The van der Waals surface area contributed by atoms with Gasteiger partial charge in [0.25, 0.3) is 0 Å². The van der Waals surface area contributed by atoms with Crippen molar-refractivity contribution in [3.05, 3.63) is 54.1 Å². The van der Waals surface area contributed by atoms with E-state index in [-0.39, 0.29) is 25.9 Å². The Bertz CT molecular complexity index is 332. The molecule has 93 valence electrons. The maximum absolute atomic E-state index is 2.35. The molecule has 2 aromatic rings. The second-order valence-electron chi connectivity index (χ2n) is 4.51. The Kier molecular flexibility index (Phi) is 8.23. The molecular weight excluding hydrogens is 264 g/mol. The summed E-state index contributed by atoms with van der Waals surface area (Å²) in [6.07, 6.45) is 0. The van der Waals surface area contributed by atoms with Crippen LogP contribution in [0.3, 0.4) is 0 Å². The van der Waals surface area contributed by atoms with E-state index >= 15 is 0 Å². The molecular formula is C15H21FeSi. The molecule has 0 spiro atoms. The van der Waals surface area contributed by atoms with Gasteiger partial charge in [-0.3, -0.25) is 0 Å². The van der Waals surface area contributed by atoms with Crippen LogP contribution in [0.4, 0.5) is 0 Å². The molecule has 0 N–H and O–H groups in total. The van der Waals surface area contributed by atoms with Crippen LogP contribution in [0.1, 0.15) is 25.3 Å². The third kappa shape index (κ3) is 5.54. The fraction of sp³-hybridized carbons (Fsp3) is 0.333. The van der Waals surface area contributed by atoms with Crippen molar-refractivity contribution in [1.29, 1.82) is 0 Å². The zero-order valence-electron chi connectivity index (χ0n) is 11.0. The van der Waals surface area contributed by atoms with Crippen LogP contribution in [0.25, 0.3) is 0 Å². The van der Waals surface area contributed by atoms with E-state index in [1.165, 1.54) is 0 Å². The summed E-state index contributed by atoms with van der Waals surface area (Å²) in [7, 11) is -0.244. The summed E-state index contributed by atoms with van der Waals surface area (Å²) in [6, 6.07) is 16.7. The van der Waals surface area contributed by atoms with Crippen molar-refractivity contribution in [2.75, 3.05) is 0 Å². The Morgan fingerprint density at radius 3 is 1.94 bits per heavy atom. The maximum Gasteiger partial charge on any atom is 2.00 e. The van der Waals surface area contributed by atoms with Crippen molar-refractivity contribution in [3.63, 3.8) is 0 Å². The Morgan fingerprint density at radius 2 is 1.65 bits per heavy atom. The summed E-state index contributed by atoms with van der Waals surface area (Å²) in [5.41, 5.74) is 1.56. The first kappa shape index (κ1) is 16.4. The van der Waals surface area contributed by atoms with Gasteiger partial charge in [-0.25, -0.2) is 18.2 Å². The zero-order chi connectivity index (χ0) is 12.0. The average molecular weight is 285 g/mol. The van der Waals surface area contributed by atoms with Gasteiger partial charge in [-0.1, -0.05) is 32.9 Å². The number of hydrogen-bond acceptors (Lipinski definition) is 0. The third-order valence-corrected chi connectivity index (χ3v) is 4.10. The summed E-state index contributed by atoms with van der Waals surface area (Å²) < 4.78 is 0. The Hall–Kier alpha value is -0.564. The van der Waals surface area contributed by atoms with Gasteiger partial charge in [0.05, 0.1) is 8.80 Å². The minimum atomic E-state index is -0.244. The topological polar surface area (TPSA) is 0 Å². The molecule has 0 amide bonds. The van der Waals surface area contributed by atoms with Crippen molar-refractivity contribution < 1.29 is 17.1 Å². The van der Waals surface area contributed by atoms with Crippen LogP contribution in [0.2, 0.25) is 13.1 Å². The van der Waals surface area contributed by atoms with Gasteiger partial charge in [0.1, 0.15) is 0 Å². The maximum atomic E-state index is 2.35. The number of rotatable bonds is 2. The predicted octanol–water partition coefficient (Wildman–Crippen LogP) is 3.89. The molecule has 0 saturated carbocycles. The Labute approximate surface area is 118 Å². The van der Waals surface area contributed by atoms with Gasteiger partial charge in [0.2, 0.25) is 0 Å². The molecule has 0 saturated heterocycles. The van der Waals surface area contributed by atoms with E-state index in [0.717, 1.165) is 0 Å². The van der Waals surface area contributed by atoms with E-state index in [2.05, 4.69) is 45.1 Å². The fourth-order valence-electron chi connectivity index (χ4n) is 1.71. The first-order valence-corrected chi connectivity index (χ1v) is 8.35. The molecule has 0 fully saturated rings. The van der Waals surface area contributed by atoms with Crippen LogP contribution in [-0.4, -0.2) is 8.80 Å². The second-order valence-corrected chi connectivity index (χ2v) is 7.05. The molecule has 0 atom stereocenters. The summed E-state index contributed by atoms with van der Waals surface area (Å²) in [5.74, 6) is 0.694. The first-order chi connectivity index (χ1) is 7.63. The van der Waals surface area contributed by atoms with Crippen molar-refractivity contribution in [1.82, 2.24) is 0 Å². The van der Waals surface area contributed by atoms with Gasteiger partial charge in [-0.05, 0) is 0 Å². The molecule has 0 aliphatic heterocycles. The van der Waals surface area contributed by atoms with Gasteiger partial charge in [0.15, 0.2) is 0 Å². The van der Waals surface area contributed by atoms with Crippen molar-refractivity contribution in [3.8, 4) is 0 Å². The van der Waals surface area contributed by atoms with Crippen LogP contribution in [0, 0.1) is 0 Å². The van der Waals surface area contributed by atoms with Gasteiger partial charge < -0.3 is 0 Å². The van der Waals surface area contributed by atoms with Crippen LogP contribution in [0.15, 0.2) is 48.5 Å². The van der Waals surface area contributed by atoms with Crippen molar-refractivity contribution in [2.45, 2.75) is 32.9 Å². The first-order valence-electron chi connectivity index (χ1n) is 5.85. The normalized spacial score (nSPS) is 9.76. The Morgan fingerprint density at radius 1 is 1.06 bits per heavy atom. The standard InChI is InChI=1S/C10H16Si.C5H5.Fe/c1-8(2)9-6-5-7-10(9)11(3)4;1-2-4-5-3-1;/h5-8H,1-4H3;1-5H;/q2*-1;+2. The quantitative estimate of drug-likeness (QED) is 0.580. The van der Waals surface area contributed by atoms with E-state index in [9.17, 15) is 0 Å². The molecule has 2 rings (SSSR count). The molecule has 1 radical (unpaired) electrons. The molecule has 0 heterocycles. The fourth-order valence-corrected chi connectivity index (χ4v) is 3.09. The van der Waals surface area contributed by atoms with Crippen LogP contribution < -0.4 is 5.19 Å². The summed E-state index contributed by atoms with van der Waals surface area (Å²) in [4.78, 5) is 0. The zero-order valence-corrected chi connectivity index (χ0v) is 13.2. The molecule has 0 bridgehead atoms. The van der Waals surface area contributed by atoms with E-state index in [4.69, 9.17) is 0 Å². The molecule has 2 aromatic carbocycles. The summed E-state index contributed by atoms with van der Waals surface area (Å²) in [5, 5.41) is 1.62. The smallest absolute Gasteiger partial charge is 0.214 e. The van der Waals surface area contributed by atoms with Gasteiger partial charge in [0, 0.05) is 0 Å². The molecule has 17 heavy (non-hydrogen) atoms. The molecule has 0 aliphatic rings. The molecule has 0 aliphatic carbocycles. The van der Waals surface area contributed by atoms with E-state index in [0.29, 0.717) is 5.92 Å². The van der Waals surface area contributed by atoms with Crippen molar-refractivity contribution in [2.24, 2.45) is 0 Å². The van der Waals surface area contributed by atoms with Gasteiger partial charge >= 0.3 is 17.1 Å². The third-order valence-electron chi connectivity index (χ3n) is 2.57. The molecule has 0 nitrogen and oxygen atoms in total. The van der Waals surface area contributed by atoms with E-state index < -0.39 is 0 Å². The molecule has 2 heteroatoms. The van der Waals surface area contributed by atoms with Crippen LogP contribution >= 0.6 is 0 Å².